The first-order valence-corrected chi connectivity index (χ1v) is 4.68. The fourth-order valence-corrected chi connectivity index (χ4v) is 0. The Hall–Kier alpha value is 1.25. The Balaban J connectivity index is 0. The van der Waals surface area contributed by atoms with Crippen molar-refractivity contribution >= 4 is 18.6 Å². The molecule has 0 spiro atoms. The fraction of sp³-hybridized carbons (Fsp3) is 0. The molecule has 0 aliphatic carbocycles. The number of hydrogen-bond donors (Lipinski definition) is 1. The van der Waals surface area contributed by atoms with Crippen LogP contribution in [0.25, 0.3) is 0 Å². The first kappa shape index (κ1) is 8.98. The number of rotatable bonds is 0. The standard InChI is InChI=1S/2ClH.H3N.Ti/h2*1H;1H3;/q;;;+2/p-2. The average Bonchev–Trinajstić information content (AvgIpc) is 0.918. The molecule has 0 radical (unpaired) electrons. The predicted octanol–water partition coefficient (Wildman–Crippen LogP) is 1.54. The van der Waals surface area contributed by atoms with E-state index >= 15 is 0 Å². The summed E-state index contributed by atoms with van der Waals surface area (Å²) in [6, 6.07) is 0. The van der Waals surface area contributed by atoms with Gasteiger partial charge in [0.2, 0.25) is 0 Å². The van der Waals surface area contributed by atoms with E-state index in [0.717, 1.165) is 0 Å². The molecule has 0 aliphatic rings. The van der Waals surface area contributed by atoms with Crippen molar-refractivity contribution in [2.75, 3.05) is 0 Å². The Morgan fingerprint density at radius 1 is 1.25 bits per heavy atom. The second-order valence-electron chi connectivity index (χ2n) is 0.0714. The molecule has 0 rings (SSSR count). The van der Waals surface area contributed by atoms with Gasteiger partial charge in [-0.3, -0.25) is 0 Å². The van der Waals surface area contributed by atoms with Crippen LogP contribution in [-0.2, 0) is 17.0 Å². The van der Waals surface area contributed by atoms with Crippen molar-refractivity contribution in [3.05, 3.63) is 0 Å². The van der Waals surface area contributed by atoms with E-state index in [-0.39, 0.29) is 6.15 Å². The third-order valence-corrected chi connectivity index (χ3v) is 0. The van der Waals surface area contributed by atoms with Crippen LogP contribution in [0.3, 0.4) is 0 Å². The van der Waals surface area contributed by atoms with E-state index in [2.05, 4.69) is 0 Å². The van der Waals surface area contributed by atoms with Crippen molar-refractivity contribution < 1.29 is 17.0 Å². The van der Waals surface area contributed by atoms with Gasteiger partial charge in [-0.15, -0.1) is 0 Å². The van der Waals surface area contributed by atoms with Gasteiger partial charge in [0, 0.05) is 0 Å². The van der Waals surface area contributed by atoms with Crippen LogP contribution in [0.1, 0.15) is 0 Å². The van der Waals surface area contributed by atoms with Crippen LogP contribution in [0, 0.1) is 0 Å². The van der Waals surface area contributed by atoms with Gasteiger partial charge in [0.25, 0.3) is 0 Å². The molecule has 4 heavy (non-hydrogen) atoms. The van der Waals surface area contributed by atoms with Gasteiger partial charge >= 0.3 is 35.6 Å². The van der Waals surface area contributed by atoms with Crippen molar-refractivity contribution in [2.24, 2.45) is 0 Å². The molecule has 4 heteroatoms. The van der Waals surface area contributed by atoms with Gasteiger partial charge in [0.15, 0.2) is 0 Å². The summed E-state index contributed by atoms with van der Waals surface area (Å²) in [5.41, 5.74) is 0. The quantitative estimate of drug-likeness (QED) is 0.503. The Labute approximate surface area is 41.9 Å². The van der Waals surface area contributed by atoms with Crippen LogP contribution >= 0.6 is 18.6 Å². The topological polar surface area (TPSA) is 35.0 Å². The summed E-state index contributed by atoms with van der Waals surface area (Å²) in [6.07, 6.45) is 0. The van der Waals surface area contributed by atoms with Crippen LogP contribution in [0.2, 0.25) is 0 Å². The molecule has 0 aromatic carbocycles. The molecule has 0 unspecified atom stereocenters. The van der Waals surface area contributed by atoms with Crippen molar-refractivity contribution in [3.63, 3.8) is 0 Å². The van der Waals surface area contributed by atoms with Crippen molar-refractivity contribution in [3.8, 4) is 0 Å². The normalized spacial score (nSPS) is 3.50. The molecule has 26 valence electrons. The molecular weight excluding hydrogens is 133 g/mol. The number of halogens is 2. The molecule has 0 fully saturated rings. The summed E-state index contributed by atoms with van der Waals surface area (Å²) in [5.74, 6) is 0. The average molecular weight is 136 g/mol. The van der Waals surface area contributed by atoms with Crippen LogP contribution in [0.5, 0.6) is 0 Å². The van der Waals surface area contributed by atoms with Gasteiger partial charge in [-0.05, 0) is 0 Å². The molecule has 1 nitrogen and oxygen atoms in total. The van der Waals surface area contributed by atoms with Crippen LogP contribution in [0.4, 0.5) is 0 Å². The maximum atomic E-state index is 4.89. The third-order valence-electron chi connectivity index (χ3n) is 0. The number of hydrogen-bond acceptors (Lipinski definition) is 1. The molecule has 0 aromatic heterocycles. The zero-order valence-electron chi connectivity index (χ0n) is 1.96. The zero-order valence-corrected chi connectivity index (χ0v) is 5.04. The Kier molecular flexibility index (Phi) is 19.9. The Morgan fingerprint density at radius 2 is 1.25 bits per heavy atom. The second kappa shape index (κ2) is 8.87. The van der Waals surface area contributed by atoms with Gasteiger partial charge in [0.05, 0.1) is 0 Å². The fourth-order valence-electron chi connectivity index (χ4n) is 0. The van der Waals surface area contributed by atoms with E-state index in [0.29, 0.717) is 0 Å². The molecule has 3 N–H and O–H groups in total. The Bertz CT molecular complexity index is 6.00. The Morgan fingerprint density at radius 3 is 1.25 bits per heavy atom. The monoisotopic (exact) mass is 135 g/mol. The van der Waals surface area contributed by atoms with E-state index in [1.54, 1.807) is 0 Å². The minimum absolute atomic E-state index is 0. The van der Waals surface area contributed by atoms with Gasteiger partial charge in [-0.25, -0.2) is 0 Å². The summed E-state index contributed by atoms with van der Waals surface area (Å²) < 4.78 is 0. The summed E-state index contributed by atoms with van der Waals surface area (Å²) in [4.78, 5) is 0. The van der Waals surface area contributed by atoms with E-state index in [1.807, 2.05) is 0 Å². The third kappa shape index (κ3) is 10.5. The van der Waals surface area contributed by atoms with Gasteiger partial charge in [-0.2, -0.15) is 0 Å². The summed E-state index contributed by atoms with van der Waals surface area (Å²) >= 11 is -0.556. The van der Waals surface area contributed by atoms with Gasteiger partial charge in [0.1, 0.15) is 0 Å². The van der Waals surface area contributed by atoms with Crippen molar-refractivity contribution in [1.29, 1.82) is 0 Å². The van der Waals surface area contributed by atoms with E-state index in [4.69, 9.17) is 18.6 Å². The van der Waals surface area contributed by atoms with E-state index < -0.39 is 17.0 Å². The molecule has 0 aliphatic heterocycles. The van der Waals surface area contributed by atoms with Crippen molar-refractivity contribution in [1.82, 2.24) is 6.15 Å². The van der Waals surface area contributed by atoms with Crippen molar-refractivity contribution in [2.45, 2.75) is 0 Å². The van der Waals surface area contributed by atoms with E-state index in [1.165, 1.54) is 0 Å². The molecule has 0 amide bonds. The minimum atomic E-state index is -0.556. The molecule has 0 saturated carbocycles. The zero-order chi connectivity index (χ0) is 2.71. The summed E-state index contributed by atoms with van der Waals surface area (Å²) in [7, 11) is 9.78. The predicted molar refractivity (Wildman–Crippen MR) is 16.7 cm³/mol. The first-order valence-electron chi connectivity index (χ1n) is 0.378. The van der Waals surface area contributed by atoms with E-state index in [9.17, 15) is 0 Å². The SMILES string of the molecule is N.[Cl][Ti][Cl]. The molecule has 0 atom stereocenters. The molecule has 0 bridgehead atoms. The first-order chi connectivity index (χ1) is 1.41. The second-order valence-corrected chi connectivity index (χ2v) is 2.65. The van der Waals surface area contributed by atoms with Crippen LogP contribution in [0.15, 0.2) is 0 Å². The molecule has 0 heterocycles. The molecular formula is H3Cl2NTi. The van der Waals surface area contributed by atoms with Crippen LogP contribution in [-0.4, -0.2) is 0 Å². The maximum absolute atomic E-state index is 4.89. The van der Waals surface area contributed by atoms with Crippen LogP contribution < -0.4 is 6.15 Å². The summed E-state index contributed by atoms with van der Waals surface area (Å²) in [6.45, 7) is 0. The van der Waals surface area contributed by atoms with Gasteiger partial charge in [-0.1, -0.05) is 0 Å². The molecule has 0 saturated heterocycles. The van der Waals surface area contributed by atoms with Gasteiger partial charge < -0.3 is 6.15 Å². The molecule has 0 aromatic rings. The summed E-state index contributed by atoms with van der Waals surface area (Å²) in [5, 5.41) is 0.